The Morgan fingerprint density at radius 3 is 2.89 bits per heavy atom. The Balaban J connectivity index is 2.06. The lowest BCUT2D eigenvalue weighted by atomic mass is 10.2. The number of aromatic nitrogens is 2. The molecule has 0 unspecified atom stereocenters. The van der Waals surface area contributed by atoms with Gasteiger partial charge in [-0.1, -0.05) is 0 Å². The molecule has 0 aromatic carbocycles. The number of methoxy groups -OCH3 is 1. The summed E-state index contributed by atoms with van der Waals surface area (Å²) in [4.78, 5) is 8.40. The maximum absolute atomic E-state index is 5.09. The number of hydrogen-bond acceptors (Lipinski definition) is 4. The molecule has 2 aromatic rings. The van der Waals surface area contributed by atoms with Crippen LogP contribution in [0, 0.1) is 6.92 Å². The van der Waals surface area contributed by atoms with Gasteiger partial charge in [0.1, 0.15) is 5.82 Å². The van der Waals surface area contributed by atoms with Gasteiger partial charge in [0.15, 0.2) is 0 Å². The van der Waals surface area contributed by atoms with Gasteiger partial charge in [-0.2, -0.15) is 0 Å². The second kappa shape index (κ2) is 5.82. The van der Waals surface area contributed by atoms with Crippen molar-refractivity contribution < 1.29 is 4.74 Å². The van der Waals surface area contributed by atoms with Gasteiger partial charge in [-0.05, 0) is 46.1 Å². The van der Waals surface area contributed by atoms with Crippen molar-refractivity contribution in [3.05, 3.63) is 46.2 Å². The van der Waals surface area contributed by atoms with E-state index in [1.54, 1.807) is 19.5 Å². The van der Waals surface area contributed by atoms with Gasteiger partial charge in [-0.3, -0.25) is 0 Å². The molecule has 0 aliphatic rings. The zero-order valence-corrected chi connectivity index (χ0v) is 11.9. The molecule has 0 aliphatic heterocycles. The van der Waals surface area contributed by atoms with Crippen molar-refractivity contribution in [1.82, 2.24) is 9.97 Å². The van der Waals surface area contributed by atoms with Gasteiger partial charge < -0.3 is 10.1 Å². The summed E-state index contributed by atoms with van der Waals surface area (Å²) in [5.41, 5.74) is 2.20. The number of pyridine rings is 2. The molecule has 4 nitrogen and oxygen atoms in total. The summed E-state index contributed by atoms with van der Waals surface area (Å²) >= 11 is 3.40. The minimum absolute atomic E-state index is 0.620. The predicted octanol–water partition coefficient (Wildman–Crippen LogP) is 3.17. The van der Waals surface area contributed by atoms with Crippen LogP contribution < -0.4 is 10.1 Å². The lowest BCUT2D eigenvalue weighted by Crippen LogP contribution is -2.03. The molecule has 0 fully saturated rings. The lowest BCUT2D eigenvalue weighted by Gasteiger charge is -2.09. The molecule has 5 heteroatoms. The fourth-order valence-corrected chi connectivity index (χ4v) is 2.03. The van der Waals surface area contributed by atoms with Crippen molar-refractivity contribution in [2.24, 2.45) is 0 Å². The molecule has 2 aromatic heterocycles. The van der Waals surface area contributed by atoms with Crippen LogP contribution in [0.3, 0.4) is 0 Å². The second-order valence-corrected chi connectivity index (χ2v) is 4.79. The number of nitrogens with one attached hydrogen (secondary N) is 1. The molecule has 18 heavy (non-hydrogen) atoms. The van der Waals surface area contributed by atoms with Gasteiger partial charge in [0.05, 0.1) is 7.11 Å². The molecule has 94 valence electrons. The van der Waals surface area contributed by atoms with Crippen LogP contribution in [0.5, 0.6) is 5.88 Å². The van der Waals surface area contributed by atoms with Crippen LogP contribution in [0.15, 0.2) is 35.1 Å². The molecular formula is C13H14BrN3O. The Hall–Kier alpha value is -1.62. The Bertz CT molecular complexity index is 546. The average molecular weight is 308 g/mol. The molecule has 1 N–H and O–H groups in total. The fraction of sp³-hybridized carbons (Fsp3) is 0.231. The van der Waals surface area contributed by atoms with E-state index in [0.717, 1.165) is 21.4 Å². The lowest BCUT2D eigenvalue weighted by molar-refractivity contribution is 0.397. The van der Waals surface area contributed by atoms with Crippen molar-refractivity contribution in [3.63, 3.8) is 0 Å². The van der Waals surface area contributed by atoms with E-state index in [4.69, 9.17) is 4.74 Å². The van der Waals surface area contributed by atoms with Gasteiger partial charge in [-0.25, -0.2) is 9.97 Å². The molecule has 0 amide bonds. The smallest absolute Gasteiger partial charge is 0.213 e. The third kappa shape index (κ3) is 3.20. The van der Waals surface area contributed by atoms with E-state index in [9.17, 15) is 0 Å². The molecule has 0 radical (unpaired) electrons. The van der Waals surface area contributed by atoms with Gasteiger partial charge in [0.25, 0.3) is 0 Å². The normalized spacial score (nSPS) is 10.2. The quantitative estimate of drug-likeness (QED) is 0.942. The zero-order valence-electron chi connectivity index (χ0n) is 10.3. The minimum atomic E-state index is 0.620. The van der Waals surface area contributed by atoms with Crippen LogP contribution >= 0.6 is 15.9 Å². The van der Waals surface area contributed by atoms with Gasteiger partial charge in [0.2, 0.25) is 5.88 Å². The van der Waals surface area contributed by atoms with Crippen molar-refractivity contribution in [2.75, 3.05) is 12.4 Å². The van der Waals surface area contributed by atoms with Crippen molar-refractivity contribution in [2.45, 2.75) is 13.5 Å². The highest BCUT2D eigenvalue weighted by atomic mass is 79.9. The highest BCUT2D eigenvalue weighted by Gasteiger charge is 2.01. The summed E-state index contributed by atoms with van der Waals surface area (Å²) in [7, 11) is 1.61. The third-order valence-corrected chi connectivity index (χ3v) is 2.95. The van der Waals surface area contributed by atoms with Crippen molar-refractivity contribution in [1.29, 1.82) is 0 Å². The average Bonchev–Trinajstić information content (AvgIpc) is 2.38. The fourth-order valence-electron chi connectivity index (χ4n) is 1.58. The van der Waals surface area contributed by atoms with Crippen LogP contribution in [0.25, 0.3) is 0 Å². The molecule has 0 atom stereocenters. The highest BCUT2D eigenvalue weighted by molar-refractivity contribution is 9.10. The van der Waals surface area contributed by atoms with Crippen LogP contribution in [-0.4, -0.2) is 17.1 Å². The van der Waals surface area contributed by atoms with E-state index >= 15 is 0 Å². The van der Waals surface area contributed by atoms with E-state index in [-0.39, 0.29) is 0 Å². The number of rotatable bonds is 4. The first kappa shape index (κ1) is 12.8. The standard InChI is InChI=1S/C13H14BrN3O/c1-9-5-11(14)8-17-13(9)16-7-10-3-4-15-12(6-10)18-2/h3-6,8H,7H2,1-2H3,(H,16,17). The Morgan fingerprint density at radius 2 is 2.17 bits per heavy atom. The Labute approximate surface area is 115 Å². The second-order valence-electron chi connectivity index (χ2n) is 3.88. The van der Waals surface area contributed by atoms with Gasteiger partial charge in [-0.15, -0.1) is 0 Å². The Morgan fingerprint density at radius 1 is 1.33 bits per heavy atom. The van der Waals surface area contributed by atoms with Crippen molar-refractivity contribution >= 4 is 21.7 Å². The highest BCUT2D eigenvalue weighted by Crippen LogP contribution is 2.18. The topological polar surface area (TPSA) is 47.0 Å². The predicted molar refractivity (Wildman–Crippen MR) is 74.8 cm³/mol. The number of ether oxygens (including phenoxy) is 1. The number of hydrogen-bond donors (Lipinski definition) is 1. The van der Waals surface area contributed by atoms with E-state index in [1.807, 2.05) is 25.1 Å². The van der Waals surface area contributed by atoms with Gasteiger partial charge >= 0.3 is 0 Å². The largest absolute Gasteiger partial charge is 0.481 e. The first-order valence-corrected chi connectivity index (χ1v) is 6.33. The molecule has 0 bridgehead atoms. The van der Waals surface area contributed by atoms with E-state index in [2.05, 4.69) is 31.2 Å². The minimum Gasteiger partial charge on any atom is -0.481 e. The molecular weight excluding hydrogens is 294 g/mol. The maximum atomic E-state index is 5.09. The number of halogens is 1. The SMILES string of the molecule is COc1cc(CNc2ncc(Br)cc2C)ccn1. The molecule has 0 spiro atoms. The zero-order chi connectivity index (χ0) is 13.0. The van der Waals surface area contributed by atoms with E-state index < -0.39 is 0 Å². The molecule has 2 rings (SSSR count). The van der Waals surface area contributed by atoms with Gasteiger partial charge in [0, 0.05) is 29.5 Å². The summed E-state index contributed by atoms with van der Waals surface area (Å²) < 4.78 is 6.07. The third-order valence-electron chi connectivity index (χ3n) is 2.51. The first-order valence-electron chi connectivity index (χ1n) is 5.54. The van der Waals surface area contributed by atoms with E-state index in [1.165, 1.54) is 0 Å². The summed E-state index contributed by atoms with van der Waals surface area (Å²) in [5.74, 6) is 1.50. The number of nitrogens with zero attached hydrogens (tertiary/aromatic N) is 2. The maximum Gasteiger partial charge on any atom is 0.213 e. The first-order chi connectivity index (χ1) is 8.69. The van der Waals surface area contributed by atoms with Crippen LogP contribution in [0.1, 0.15) is 11.1 Å². The number of anilines is 1. The summed E-state index contributed by atoms with van der Waals surface area (Å²) in [6, 6.07) is 5.88. The summed E-state index contributed by atoms with van der Waals surface area (Å²) in [5, 5.41) is 3.29. The van der Waals surface area contributed by atoms with E-state index in [0.29, 0.717) is 12.4 Å². The molecule has 2 heterocycles. The monoisotopic (exact) mass is 307 g/mol. The Kier molecular flexibility index (Phi) is 4.15. The molecule has 0 saturated carbocycles. The van der Waals surface area contributed by atoms with Crippen LogP contribution in [0.4, 0.5) is 5.82 Å². The molecule has 0 aliphatic carbocycles. The van der Waals surface area contributed by atoms with Crippen LogP contribution in [-0.2, 0) is 6.54 Å². The molecule has 0 saturated heterocycles. The van der Waals surface area contributed by atoms with Crippen molar-refractivity contribution in [3.8, 4) is 5.88 Å². The number of aryl methyl sites for hydroxylation is 1. The summed E-state index contributed by atoms with van der Waals surface area (Å²) in [6.07, 6.45) is 3.51. The van der Waals surface area contributed by atoms with Crippen LogP contribution in [0.2, 0.25) is 0 Å². The summed E-state index contributed by atoms with van der Waals surface area (Å²) in [6.45, 7) is 2.71.